The zero-order valence-electron chi connectivity index (χ0n) is 26.5. The van der Waals surface area contributed by atoms with Crippen LogP contribution in [0.4, 0.5) is 0 Å². The van der Waals surface area contributed by atoms with Gasteiger partial charge in [0.15, 0.2) is 0 Å². The Balaban J connectivity index is 1.32. The predicted molar refractivity (Wildman–Crippen MR) is 206 cm³/mol. The molecule has 0 heterocycles. The summed E-state index contributed by atoms with van der Waals surface area (Å²) in [7, 11) is 0. The third-order valence-electron chi connectivity index (χ3n) is 9.66. The van der Waals surface area contributed by atoms with Crippen LogP contribution in [0.15, 0.2) is 194 Å². The van der Waals surface area contributed by atoms with E-state index >= 15 is 0 Å². The molecule has 0 spiro atoms. The van der Waals surface area contributed by atoms with Crippen LogP contribution in [0.25, 0.3) is 88.0 Å². The number of fused-ring (bicyclic) bond motifs is 3. The van der Waals surface area contributed by atoms with Crippen molar-refractivity contribution in [2.24, 2.45) is 0 Å². The molecule has 0 radical (unpaired) electrons. The molecule has 0 atom stereocenters. The van der Waals surface area contributed by atoms with Crippen molar-refractivity contribution in [1.29, 1.82) is 0 Å². The standard InChI is InChI=1S/C48H32/c1-3-13-33(14-4-1)35-25-27-37(28-26-35)47-43-22-9-10-23-44(43)48(46-32-38(29-30-45(46)47)34-15-5-2-6-16-34)40-20-11-19-39(31-40)42-24-12-18-36-17-7-8-21-41(36)42/h1-32H. The van der Waals surface area contributed by atoms with Crippen molar-refractivity contribution in [3.63, 3.8) is 0 Å². The van der Waals surface area contributed by atoms with E-state index in [0.29, 0.717) is 0 Å². The Morgan fingerprint density at radius 2 is 0.667 bits per heavy atom. The Hall–Kier alpha value is -6.24. The molecule has 9 aromatic rings. The molecule has 9 aromatic carbocycles. The maximum Gasteiger partial charge on any atom is -0.00259 e. The summed E-state index contributed by atoms with van der Waals surface area (Å²) in [4.78, 5) is 0. The molecule has 0 aliphatic carbocycles. The monoisotopic (exact) mass is 608 g/mol. The zero-order chi connectivity index (χ0) is 31.9. The predicted octanol–water partition coefficient (Wildman–Crippen LogP) is 13.5. The molecule has 0 fully saturated rings. The van der Waals surface area contributed by atoms with Gasteiger partial charge in [0.05, 0.1) is 0 Å². The molecule has 0 N–H and O–H groups in total. The lowest BCUT2D eigenvalue weighted by atomic mass is 9.84. The maximum absolute atomic E-state index is 2.40. The third-order valence-corrected chi connectivity index (χ3v) is 9.66. The average molecular weight is 609 g/mol. The van der Waals surface area contributed by atoms with Crippen LogP contribution < -0.4 is 0 Å². The van der Waals surface area contributed by atoms with Crippen LogP contribution in [0.5, 0.6) is 0 Å². The van der Waals surface area contributed by atoms with E-state index in [1.165, 1.54) is 88.0 Å². The van der Waals surface area contributed by atoms with Crippen LogP contribution in [0.1, 0.15) is 0 Å². The molecule has 0 unspecified atom stereocenters. The van der Waals surface area contributed by atoms with Crippen molar-refractivity contribution in [3.05, 3.63) is 194 Å². The van der Waals surface area contributed by atoms with E-state index in [1.54, 1.807) is 0 Å². The second kappa shape index (κ2) is 11.8. The van der Waals surface area contributed by atoms with Crippen LogP contribution >= 0.6 is 0 Å². The fourth-order valence-corrected chi connectivity index (χ4v) is 7.39. The third kappa shape index (κ3) is 4.87. The highest BCUT2D eigenvalue weighted by Crippen LogP contribution is 2.46. The lowest BCUT2D eigenvalue weighted by Gasteiger charge is -2.19. The highest BCUT2D eigenvalue weighted by Gasteiger charge is 2.18. The van der Waals surface area contributed by atoms with Gasteiger partial charge in [-0.25, -0.2) is 0 Å². The van der Waals surface area contributed by atoms with Crippen LogP contribution in [-0.4, -0.2) is 0 Å². The first-order chi connectivity index (χ1) is 23.8. The maximum atomic E-state index is 2.40. The van der Waals surface area contributed by atoms with Gasteiger partial charge in [-0.3, -0.25) is 0 Å². The summed E-state index contributed by atoms with van der Waals surface area (Å²) in [6.45, 7) is 0. The first-order valence-electron chi connectivity index (χ1n) is 16.6. The SMILES string of the molecule is c1ccc(-c2ccc(-c3c4ccccc4c(-c4cccc(-c5cccc6ccccc56)c4)c4cc(-c5ccccc5)ccc34)cc2)cc1. The summed E-state index contributed by atoms with van der Waals surface area (Å²) < 4.78 is 0. The molecule has 0 saturated heterocycles. The summed E-state index contributed by atoms with van der Waals surface area (Å²) in [5.41, 5.74) is 12.3. The summed E-state index contributed by atoms with van der Waals surface area (Å²) >= 11 is 0. The number of hydrogen-bond acceptors (Lipinski definition) is 0. The van der Waals surface area contributed by atoms with E-state index in [1.807, 2.05) is 0 Å². The summed E-state index contributed by atoms with van der Waals surface area (Å²) in [6, 6.07) is 70.8. The molecule has 9 rings (SSSR count). The minimum absolute atomic E-state index is 1.22. The minimum atomic E-state index is 1.22. The van der Waals surface area contributed by atoms with Gasteiger partial charge in [0.2, 0.25) is 0 Å². The Morgan fingerprint density at radius 1 is 0.208 bits per heavy atom. The van der Waals surface area contributed by atoms with Gasteiger partial charge in [0.1, 0.15) is 0 Å². The van der Waals surface area contributed by atoms with Gasteiger partial charge in [0, 0.05) is 0 Å². The number of benzene rings is 9. The van der Waals surface area contributed by atoms with Crippen LogP contribution in [0, 0.1) is 0 Å². The molecule has 0 aliphatic heterocycles. The summed E-state index contributed by atoms with van der Waals surface area (Å²) in [5.74, 6) is 0. The zero-order valence-corrected chi connectivity index (χ0v) is 26.5. The number of rotatable bonds is 5. The van der Waals surface area contributed by atoms with Gasteiger partial charge < -0.3 is 0 Å². The lowest BCUT2D eigenvalue weighted by molar-refractivity contribution is 1.60. The molecule has 48 heavy (non-hydrogen) atoms. The van der Waals surface area contributed by atoms with E-state index < -0.39 is 0 Å². The van der Waals surface area contributed by atoms with Crippen LogP contribution in [0.2, 0.25) is 0 Å². The molecule has 0 amide bonds. The summed E-state index contributed by atoms with van der Waals surface area (Å²) in [5, 5.41) is 7.56. The van der Waals surface area contributed by atoms with Gasteiger partial charge in [-0.05, 0) is 100 Å². The Morgan fingerprint density at radius 3 is 1.40 bits per heavy atom. The van der Waals surface area contributed by atoms with Gasteiger partial charge in [-0.15, -0.1) is 0 Å². The van der Waals surface area contributed by atoms with E-state index in [4.69, 9.17) is 0 Å². The van der Waals surface area contributed by atoms with Crippen molar-refractivity contribution in [1.82, 2.24) is 0 Å². The second-order valence-electron chi connectivity index (χ2n) is 12.5. The molecular weight excluding hydrogens is 577 g/mol. The smallest absolute Gasteiger partial charge is 0.00259 e. The molecule has 0 aliphatic rings. The van der Waals surface area contributed by atoms with Crippen molar-refractivity contribution in [2.45, 2.75) is 0 Å². The fraction of sp³-hybridized carbons (Fsp3) is 0. The van der Waals surface area contributed by atoms with Crippen LogP contribution in [-0.2, 0) is 0 Å². The molecule has 0 aromatic heterocycles. The fourth-order valence-electron chi connectivity index (χ4n) is 7.39. The normalized spacial score (nSPS) is 11.3. The molecule has 0 bridgehead atoms. The van der Waals surface area contributed by atoms with Crippen LogP contribution in [0.3, 0.4) is 0 Å². The van der Waals surface area contributed by atoms with Crippen molar-refractivity contribution in [2.75, 3.05) is 0 Å². The molecule has 224 valence electrons. The van der Waals surface area contributed by atoms with Crippen molar-refractivity contribution in [3.8, 4) is 55.6 Å². The van der Waals surface area contributed by atoms with E-state index in [0.717, 1.165) is 0 Å². The van der Waals surface area contributed by atoms with Gasteiger partial charge in [-0.1, -0.05) is 182 Å². The molecule has 0 nitrogen and oxygen atoms in total. The largest absolute Gasteiger partial charge is 0.0622 e. The van der Waals surface area contributed by atoms with Gasteiger partial charge in [0.25, 0.3) is 0 Å². The second-order valence-corrected chi connectivity index (χ2v) is 12.5. The Kier molecular flexibility index (Phi) is 6.91. The Labute approximate surface area is 281 Å². The molecular formula is C48H32. The average Bonchev–Trinajstić information content (AvgIpc) is 3.17. The highest BCUT2D eigenvalue weighted by atomic mass is 14.2. The number of hydrogen-bond donors (Lipinski definition) is 0. The van der Waals surface area contributed by atoms with Crippen molar-refractivity contribution < 1.29 is 0 Å². The van der Waals surface area contributed by atoms with Crippen molar-refractivity contribution >= 4 is 32.3 Å². The van der Waals surface area contributed by atoms with Gasteiger partial charge >= 0.3 is 0 Å². The highest BCUT2D eigenvalue weighted by molar-refractivity contribution is 6.22. The molecule has 0 heteroatoms. The first-order valence-corrected chi connectivity index (χ1v) is 16.6. The van der Waals surface area contributed by atoms with E-state index in [9.17, 15) is 0 Å². The van der Waals surface area contributed by atoms with E-state index in [-0.39, 0.29) is 0 Å². The Bertz CT molecular complexity index is 2570. The van der Waals surface area contributed by atoms with E-state index in [2.05, 4.69) is 194 Å². The van der Waals surface area contributed by atoms with Gasteiger partial charge in [-0.2, -0.15) is 0 Å². The minimum Gasteiger partial charge on any atom is -0.0622 e. The molecule has 0 saturated carbocycles. The lowest BCUT2D eigenvalue weighted by Crippen LogP contribution is -1.92. The topological polar surface area (TPSA) is 0 Å². The summed E-state index contributed by atoms with van der Waals surface area (Å²) in [6.07, 6.45) is 0. The quantitative estimate of drug-likeness (QED) is 0.171. The first kappa shape index (κ1) is 28.0.